The third kappa shape index (κ3) is 4.46. The Labute approximate surface area is 249 Å². The molecular weight excluding hydrogens is 524 g/mol. The predicted molar refractivity (Wildman–Crippen MR) is 176 cm³/mol. The van der Waals surface area contributed by atoms with Gasteiger partial charge in [0.15, 0.2) is 11.6 Å². The molecule has 0 radical (unpaired) electrons. The van der Waals surface area contributed by atoms with Crippen molar-refractivity contribution in [2.75, 3.05) is 0 Å². The van der Waals surface area contributed by atoms with E-state index in [2.05, 4.69) is 144 Å². The minimum Gasteiger partial charge on any atom is -0.278 e. The molecule has 0 spiro atoms. The van der Waals surface area contributed by atoms with Gasteiger partial charge in [-0.15, -0.1) is 0 Å². The highest BCUT2D eigenvalue weighted by atomic mass is 15.2. The molecule has 0 saturated heterocycles. The second kappa shape index (κ2) is 10.5. The van der Waals surface area contributed by atoms with Crippen molar-refractivity contribution >= 4 is 21.8 Å². The van der Waals surface area contributed by atoms with Gasteiger partial charge in [-0.25, -0.2) is 4.98 Å². The summed E-state index contributed by atoms with van der Waals surface area (Å²) in [7, 11) is 0. The SMILES string of the molecule is c1ccc(-c2ccc(-c3nc(-c4ccccc4-c4ccccc4)nc(-n4c5ccccc5c5ccccc54)n3)cc2)cc1. The molecule has 0 unspecified atom stereocenters. The Kier molecular flexibility index (Phi) is 6.08. The van der Waals surface area contributed by atoms with E-state index in [4.69, 9.17) is 15.0 Å². The van der Waals surface area contributed by atoms with Gasteiger partial charge >= 0.3 is 0 Å². The molecule has 0 aliphatic carbocycles. The van der Waals surface area contributed by atoms with Crippen LogP contribution >= 0.6 is 0 Å². The Bertz CT molecular complexity index is 2160. The average molecular weight is 551 g/mol. The summed E-state index contributed by atoms with van der Waals surface area (Å²) in [5, 5.41) is 2.33. The number of hydrogen-bond donors (Lipinski definition) is 0. The second-order valence-electron chi connectivity index (χ2n) is 10.5. The molecule has 8 rings (SSSR count). The quantitative estimate of drug-likeness (QED) is 0.214. The molecule has 0 saturated carbocycles. The van der Waals surface area contributed by atoms with Crippen molar-refractivity contribution < 1.29 is 0 Å². The summed E-state index contributed by atoms with van der Waals surface area (Å²) in [6.45, 7) is 0. The molecule has 0 fully saturated rings. The molecule has 0 atom stereocenters. The monoisotopic (exact) mass is 550 g/mol. The Morgan fingerprint density at radius 1 is 0.326 bits per heavy atom. The Morgan fingerprint density at radius 3 is 1.44 bits per heavy atom. The highest BCUT2D eigenvalue weighted by Gasteiger charge is 2.19. The topological polar surface area (TPSA) is 43.6 Å². The average Bonchev–Trinajstić information content (AvgIpc) is 3.43. The van der Waals surface area contributed by atoms with Gasteiger partial charge in [-0.1, -0.05) is 146 Å². The highest BCUT2D eigenvalue weighted by Crippen LogP contribution is 2.34. The number of para-hydroxylation sites is 2. The van der Waals surface area contributed by atoms with Gasteiger partial charge in [-0.2, -0.15) is 9.97 Å². The maximum Gasteiger partial charge on any atom is 0.238 e. The molecule has 6 aromatic carbocycles. The lowest BCUT2D eigenvalue weighted by molar-refractivity contribution is 0.953. The minimum atomic E-state index is 0.590. The van der Waals surface area contributed by atoms with Crippen LogP contribution in [0, 0.1) is 0 Å². The van der Waals surface area contributed by atoms with Crippen LogP contribution < -0.4 is 0 Å². The first-order valence-corrected chi connectivity index (χ1v) is 14.4. The fourth-order valence-electron chi connectivity index (χ4n) is 5.84. The van der Waals surface area contributed by atoms with Crippen LogP contribution in [0.2, 0.25) is 0 Å². The smallest absolute Gasteiger partial charge is 0.238 e. The van der Waals surface area contributed by atoms with Crippen LogP contribution in [-0.2, 0) is 0 Å². The molecule has 0 bridgehead atoms. The molecule has 0 aliphatic rings. The first kappa shape index (κ1) is 24.9. The van der Waals surface area contributed by atoms with Crippen molar-refractivity contribution in [2.45, 2.75) is 0 Å². The van der Waals surface area contributed by atoms with Gasteiger partial charge in [0, 0.05) is 21.9 Å². The normalized spacial score (nSPS) is 11.3. The fraction of sp³-hybridized carbons (Fsp3) is 0. The predicted octanol–water partition coefficient (Wildman–Crippen LogP) is 9.64. The molecule has 0 N–H and O–H groups in total. The van der Waals surface area contributed by atoms with Crippen molar-refractivity contribution in [3.8, 4) is 51.0 Å². The molecule has 4 nitrogen and oxygen atoms in total. The number of hydrogen-bond acceptors (Lipinski definition) is 3. The number of aromatic nitrogens is 4. The summed E-state index contributed by atoms with van der Waals surface area (Å²) in [5.41, 5.74) is 8.52. The summed E-state index contributed by atoms with van der Waals surface area (Å²) < 4.78 is 2.16. The standard InChI is InChI=1S/C39H26N4/c1-3-13-27(14-4-1)28-23-25-30(26-24-28)37-40-38(34-20-8-7-17-31(34)29-15-5-2-6-16-29)42-39(41-37)43-35-21-11-9-18-32(35)33-19-10-12-22-36(33)43/h1-26H. The molecule has 4 heteroatoms. The van der Waals surface area contributed by atoms with Crippen molar-refractivity contribution in [1.29, 1.82) is 0 Å². The van der Waals surface area contributed by atoms with Crippen LogP contribution in [0.1, 0.15) is 0 Å². The zero-order valence-electron chi connectivity index (χ0n) is 23.3. The second-order valence-corrected chi connectivity index (χ2v) is 10.5. The molecule has 202 valence electrons. The van der Waals surface area contributed by atoms with Crippen LogP contribution in [0.3, 0.4) is 0 Å². The van der Waals surface area contributed by atoms with Gasteiger partial charge in [-0.3, -0.25) is 4.57 Å². The number of nitrogens with zero attached hydrogens (tertiary/aromatic N) is 4. The van der Waals surface area contributed by atoms with E-state index in [0.29, 0.717) is 17.6 Å². The molecule has 8 aromatic rings. The maximum atomic E-state index is 5.16. The van der Waals surface area contributed by atoms with Gasteiger partial charge in [0.1, 0.15) is 0 Å². The summed E-state index contributed by atoms with van der Waals surface area (Å²) in [6.07, 6.45) is 0. The van der Waals surface area contributed by atoms with Crippen LogP contribution in [-0.4, -0.2) is 19.5 Å². The van der Waals surface area contributed by atoms with E-state index in [-0.39, 0.29) is 0 Å². The Morgan fingerprint density at radius 2 is 0.791 bits per heavy atom. The number of fused-ring (bicyclic) bond motifs is 3. The molecule has 43 heavy (non-hydrogen) atoms. The van der Waals surface area contributed by atoms with Crippen LogP contribution in [0.4, 0.5) is 0 Å². The molecule has 0 aliphatic heterocycles. The van der Waals surface area contributed by atoms with Gasteiger partial charge in [0.2, 0.25) is 5.95 Å². The van der Waals surface area contributed by atoms with Gasteiger partial charge in [0.05, 0.1) is 11.0 Å². The van der Waals surface area contributed by atoms with E-state index in [9.17, 15) is 0 Å². The van der Waals surface area contributed by atoms with E-state index >= 15 is 0 Å². The highest BCUT2D eigenvalue weighted by molar-refractivity contribution is 6.09. The largest absolute Gasteiger partial charge is 0.278 e. The molecular formula is C39H26N4. The van der Waals surface area contributed by atoms with Crippen molar-refractivity contribution in [3.63, 3.8) is 0 Å². The third-order valence-corrected chi connectivity index (χ3v) is 7.91. The first-order chi connectivity index (χ1) is 21.3. The lowest BCUT2D eigenvalue weighted by atomic mass is 9.99. The Hall–Kier alpha value is -5.87. The van der Waals surface area contributed by atoms with Gasteiger partial charge in [-0.05, 0) is 34.4 Å². The summed E-state index contributed by atoms with van der Waals surface area (Å²) >= 11 is 0. The lowest BCUT2D eigenvalue weighted by Crippen LogP contribution is -2.06. The molecule has 2 aromatic heterocycles. The fourth-order valence-corrected chi connectivity index (χ4v) is 5.84. The molecule has 2 heterocycles. The Balaban J connectivity index is 1.37. The van der Waals surface area contributed by atoms with Crippen LogP contribution in [0.15, 0.2) is 158 Å². The van der Waals surface area contributed by atoms with Crippen LogP contribution in [0.25, 0.3) is 72.8 Å². The van der Waals surface area contributed by atoms with Gasteiger partial charge < -0.3 is 0 Å². The van der Waals surface area contributed by atoms with Gasteiger partial charge in [0.25, 0.3) is 0 Å². The van der Waals surface area contributed by atoms with E-state index in [1.54, 1.807) is 0 Å². The van der Waals surface area contributed by atoms with Crippen LogP contribution in [0.5, 0.6) is 0 Å². The zero-order chi connectivity index (χ0) is 28.6. The zero-order valence-corrected chi connectivity index (χ0v) is 23.3. The van der Waals surface area contributed by atoms with Crippen molar-refractivity contribution in [2.24, 2.45) is 0 Å². The number of rotatable bonds is 5. The molecule has 0 amide bonds. The van der Waals surface area contributed by atoms with E-state index in [0.717, 1.165) is 38.9 Å². The summed E-state index contributed by atoms with van der Waals surface area (Å²) in [5.74, 6) is 1.85. The minimum absolute atomic E-state index is 0.590. The van der Waals surface area contributed by atoms with E-state index < -0.39 is 0 Å². The van der Waals surface area contributed by atoms with E-state index in [1.807, 2.05) is 18.2 Å². The van der Waals surface area contributed by atoms with E-state index in [1.165, 1.54) is 16.3 Å². The van der Waals surface area contributed by atoms with Crippen molar-refractivity contribution in [1.82, 2.24) is 19.5 Å². The lowest BCUT2D eigenvalue weighted by Gasteiger charge is -2.13. The third-order valence-electron chi connectivity index (χ3n) is 7.91. The first-order valence-electron chi connectivity index (χ1n) is 14.4. The maximum absolute atomic E-state index is 5.16. The summed E-state index contributed by atoms with van der Waals surface area (Å²) in [6, 6.07) is 54.4. The van der Waals surface area contributed by atoms with Crippen molar-refractivity contribution in [3.05, 3.63) is 158 Å². The summed E-state index contributed by atoms with van der Waals surface area (Å²) in [4.78, 5) is 15.4. The number of benzene rings is 6.